The molecule has 0 aliphatic carbocycles. The van der Waals surface area contributed by atoms with E-state index in [9.17, 15) is 24.6 Å². The number of carboxylic acids is 1. The van der Waals surface area contributed by atoms with Crippen molar-refractivity contribution in [3.05, 3.63) is 0 Å². The van der Waals surface area contributed by atoms with Crippen LogP contribution in [-0.4, -0.2) is 64.9 Å². The van der Waals surface area contributed by atoms with E-state index in [0.29, 0.717) is 13.0 Å². The lowest BCUT2D eigenvalue weighted by Crippen LogP contribution is -2.71. The summed E-state index contributed by atoms with van der Waals surface area (Å²) >= 11 is 0. The Balaban J connectivity index is 1.99. The van der Waals surface area contributed by atoms with E-state index >= 15 is 0 Å². The number of ether oxygens (including phenoxy) is 1. The Morgan fingerprint density at radius 1 is 1.52 bits per heavy atom. The third-order valence-electron chi connectivity index (χ3n) is 4.38. The lowest BCUT2D eigenvalue weighted by atomic mass is 10.00. The number of hydrogen-bond acceptors (Lipinski definition) is 6. The minimum Gasteiger partial charge on any atom is -0.547 e. The molecule has 9 heteroatoms. The molecular weight excluding hydrogens is 306 g/mol. The molecule has 0 radical (unpaired) electrons. The Labute approximate surface area is 133 Å². The third kappa shape index (κ3) is 3.80. The molecule has 2 aliphatic heterocycles. The van der Waals surface area contributed by atoms with Gasteiger partial charge < -0.3 is 35.7 Å². The summed E-state index contributed by atoms with van der Waals surface area (Å²) in [6.45, 7) is 3.96. The fourth-order valence-corrected chi connectivity index (χ4v) is 2.69. The maximum atomic E-state index is 12.1. The van der Waals surface area contributed by atoms with Gasteiger partial charge in [-0.3, -0.25) is 9.59 Å². The predicted octanol–water partition coefficient (Wildman–Crippen LogP) is -3.80. The van der Waals surface area contributed by atoms with Gasteiger partial charge in [0.1, 0.15) is 12.3 Å². The molecular formula is C14H23N3O6. The van der Waals surface area contributed by atoms with Gasteiger partial charge in [0, 0.05) is 12.5 Å². The van der Waals surface area contributed by atoms with Crippen LogP contribution in [0.3, 0.4) is 0 Å². The van der Waals surface area contributed by atoms with E-state index in [1.807, 2.05) is 13.8 Å². The van der Waals surface area contributed by atoms with Crippen molar-refractivity contribution in [1.29, 1.82) is 0 Å². The number of nitrogens with zero attached hydrogens (tertiary/aromatic N) is 1. The lowest BCUT2D eigenvalue weighted by molar-refractivity contribution is -0.414. The quantitative estimate of drug-likeness (QED) is 0.408. The maximum Gasteiger partial charge on any atom is 0.278 e. The SMILES string of the molecule is CC(C)C([NH3+])C(=O)NC(C[C@H]1CN2C(=O)C[C@@H]2O1)C(O)C(=O)[O-]. The number of carbonyl (C=O) groups is 3. The number of aliphatic hydroxyl groups excluding tert-OH is 1. The summed E-state index contributed by atoms with van der Waals surface area (Å²) in [6, 6.07) is -1.63. The zero-order valence-corrected chi connectivity index (χ0v) is 13.2. The van der Waals surface area contributed by atoms with E-state index in [1.165, 1.54) is 0 Å². The monoisotopic (exact) mass is 329 g/mol. The van der Waals surface area contributed by atoms with Crippen molar-refractivity contribution in [3.8, 4) is 0 Å². The Morgan fingerprint density at radius 3 is 2.65 bits per heavy atom. The minimum atomic E-state index is -1.86. The number of quaternary nitrogens is 1. The first kappa shape index (κ1) is 17.6. The van der Waals surface area contributed by atoms with Crippen molar-refractivity contribution < 1.29 is 35.1 Å². The van der Waals surface area contributed by atoms with Crippen molar-refractivity contribution in [2.75, 3.05) is 6.54 Å². The molecule has 3 unspecified atom stereocenters. The van der Waals surface area contributed by atoms with E-state index in [4.69, 9.17) is 4.74 Å². The zero-order chi connectivity index (χ0) is 17.3. The molecule has 0 saturated carbocycles. The fraction of sp³-hybridized carbons (Fsp3) is 0.786. The average Bonchev–Trinajstić information content (AvgIpc) is 2.81. The Hall–Kier alpha value is -1.71. The summed E-state index contributed by atoms with van der Waals surface area (Å²) in [6.07, 6.45) is -2.18. The van der Waals surface area contributed by atoms with Crippen LogP contribution in [0.5, 0.6) is 0 Å². The number of rotatable bonds is 7. The normalized spacial score (nSPS) is 27.2. The molecule has 2 fully saturated rings. The van der Waals surface area contributed by atoms with E-state index in [-0.39, 0.29) is 24.5 Å². The highest BCUT2D eigenvalue weighted by atomic mass is 16.5. The van der Waals surface area contributed by atoms with Crippen molar-refractivity contribution >= 4 is 17.8 Å². The first-order chi connectivity index (χ1) is 10.7. The molecule has 2 heterocycles. The fourth-order valence-electron chi connectivity index (χ4n) is 2.69. The number of hydrogen-bond donors (Lipinski definition) is 3. The summed E-state index contributed by atoms with van der Waals surface area (Å²) < 4.78 is 5.59. The van der Waals surface area contributed by atoms with Crippen LogP contribution in [0.2, 0.25) is 0 Å². The summed E-state index contributed by atoms with van der Waals surface area (Å²) in [7, 11) is 0. The number of amides is 2. The summed E-state index contributed by atoms with van der Waals surface area (Å²) in [4.78, 5) is 35.9. The summed E-state index contributed by atoms with van der Waals surface area (Å²) in [5, 5.41) is 23.3. The van der Waals surface area contributed by atoms with Gasteiger partial charge in [-0.1, -0.05) is 13.8 Å². The average molecular weight is 329 g/mol. The Bertz CT molecular complexity index is 497. The highest BCUT2D eigenvalue weighted by Gasteiger charge is 2.46. The number of aliphatic carboxylic acids is 1. The van der Waals surface area contributed by atoms with Gasteiger partial charge in [0.15, 0.2) is 6.04 Å². The number of carboxylic acid groups (broad SMARTS) is 1. The zero-order valence-electron chi connectivity index (χ0n) is 13.2. The topological polar surface area (TPSA) is 147 Å². The van der Waals surface area contributed by atoms with Crippen LogP contribution >= 0.6 is 0 Å². The van der Waals surface area contributed by atoms with E-state index < -0.39 is 36.2 Å². The van der Waals surface area contributed by atoms with Gasteiger partial charge in [0.2, 0.25) is 5.91 Å². The second-order valence-electron chi connectivity index (χ2n) is 6.43. The van der Waals surface area contributed by atoms with Gasteiger partial charge >= 0.3 is 0 Å². The standard InChI is InChI=1S/C14H23N3O6/c1-6(2)11(15)13(20)16-8(12(19)14(21)22)3-7-5-17-9(18)4-10(17)23-7/h6-8,10-12,19H,3-5,15H2,1-2H3,(H,16,20)(H,21,22)/t7-,8?,10-,11?,12?/m0/s1. The molecule has 2 aliphatic rings. The third-order valence-corrected chi connectivity index (χ3v) is 4.38. The molecule has 0 bridgehead atoms. The molecule has 0 aromatic carbocycles. The Morgan fingerprint density at radius 2 is 2.17 bits per heavy atom. The molecule has 130 valence electrons. The molecule has 2 amide bonds. The van der Waals surface area contributed by atoms with Crippen LogP contribution in [0.25, 0.3) is 0 Å². The van der Waals surface area contributed by atoms with Gasteiger partial charge in [0.05, 0.1) is 24.5 Å². The van der Waals surface area contributed by atoms with Gasteiger partial charge in [-0.2, -0.15) is 0 Å². The number of carbonyl (C=O) groups excluding carboxylic acids is 3. The van der Waals surface area contributed by atoms with Crippen LogP contribution in [0.4, 0.5) is 0 Å². The second kappa shape index (κ2) is 6.81. The number of aliphatic hydroxyl groups is 1. The van der Waals surface area contributed by atoms with Gasteiger partial charge in [-0.05, 0) is 6.42 Å². The molecule has 0 spiro atoms. The van der Waals surface area contributed by atoms with Crippen molar-refractivity contribution in [3.63, 3.8) is 0 Å². The van der Waals surface area contributed by atoms with Crippen LogP contribution < -0.4 is 16.2 Å². The van der Waals surface area contributed by atoms with E-state index in [0.717, 1.165) is 0 Å². The molecule has 9 nitrogen and oxygen atoms in total. The molecule has 0 aromatic heterocycles. The van der Waals surface area contributed by atoms with Gasteiger partial charge in [-0.25, -0.2) is 0 Å². The van der Waals surface area contributed by atoms with Crippen LogP contribution in [-0.2, 0) is 19.1 Å². The van der Waals surface area contributed by atoms with Crippen molar-refractivity contribution in [2.45, 2.75) is 57.2 Å². The molecule has 5 atom stereocenters. The summed E-state index contributed by atoms with van der Waals surface area (Å²) in [5.41, 5.74) is 3.73. The largest absolute Gasteiger partial charge is 0.547 e. The molecule has 0 aromatic rings. The van der Waals surface area contributed by atoms with Crippen molar-refractivity contribution in [2.24, 2.45) is 5.92 Å². The molecule has 2 rings (SSSR count). The Kier molecular flexibility index (Phi) is 5.23. The predicted molar refractivity (Wildman–Crippen MR) is 74.1 cm³/mol. The first-order valence-corrected chi connectivity index (χ1v) is 7.68. The minimum absolute atomic E-state index is 0.0174. The lowest BCUT2D eigenvalue weighted by Gasteiger charge is -2.31. The van der Waals surface area contributed by atoms with Crippen molar-refractivity contribution in [1.82, 2.24) is 10.2 Å². The highest BCUT2D eigenvalue weighted by Crippen LogP contribution is 2.30. The number of fused-ring (bicyclic) bond motifs is 1. The second-order valence-corrected chi connectivity index (χ2v) is 6.43. The molecule has 5 N–H and O–H groups in total. The number of β-lactam (4-membered cyclic amide) rings is 1. The highest BCUT2D eigenvalue weighted by molar-refractivity contribution is 5.83. The molecule has 2 saturated heterocycles. The first-order valence-electron chi connectivity index (χ1n) is 7.68. The van der Waals surface area contributed by atoms with E-state index in [1.54, 1.807) is 4.90 Å². The van der Waals surface area contributed by atoms with E-state index in [2.05, 4.69) is 11.1 Å². The molecule has 23 heavy (non-hydrogen) atoms. The maximum absolute atomic E-state index is 12.1. The van der Waals surface area contributed by atoms with Gasteiger partial charge in [0.25, 0.3) is 5.91 Å². The van der Waals surface area contributed by atoms with Crippen LogP contribution in [0.1, 0.15) is 26.7 Å². The smallest absolute Gasteiger partial charge is 0.278 e. The van der Waals surface area contributed by atoms with Crippen LogP contribution in [0.15, 0.2) is 0 Å². The number of nitrogens with one attached hydrogen (secondary N) is 1. The van der Waals surface area contributed by atoms with Crippen LogP contribution in [0, 0.1) is 5.92 Å². The summed E-state index contributed by atoms with van der Waals surface area (Å²) in [5.74, 6) is -2.16. The van der Waals surface area contributed by atoms with Gasteiger partial charge in [-0.15, -0.1) is 0 Å².